The van der Waals surface area contributed by atoms with Gasteiger partial charge >= 0.3 is 0 Å². The van der Waals surface area contributed by atoms with Gasteiger partial charge in [0.1, 0.15) is 5.52 Å². The van der Waals surface area contributed by atoms with Crippen LogP contribution in [0.25, 0.3) is 21.9 Å². The minimum Gasteiger partial charge on any atom is -0.433 e. The van der Waals surface area contributed by atoms with E-state index in [-0.39, 0.29) is 0 Å². The molecule has 1 aromatic carbocycles. The Morgan fingerprint density at radius 2 is 2.18 bits per heavy atom. The van der Waals surface area contributed by atoms with Crippen molar-refractivity contribution in [3.05, 3.63) is 33.6 Å². The second kappa shape index (κ2) is 3.85. The van der Waals surface area contributed by atoms with E-state index in [1.54, 1.807) is 11.3 Å². The van der Waals surface area contributed by atoms with Gasteiger partial charge in [0.05, 0.1) is 10.6 Å². The number of hydrogen-bond donors (Lipinski definition) is 1. The molecule has 0 spiro atoms. The Kier molecular flexibility index (Phi) is 2.45. The largest absolute Gasteiger partial charge is 0.433 e. The molecule has 0 aliphatic rings. The second-order valence-corrected chi connectivity index (χ2v) is 5.98. The third-order valence-corrected chi connectivity index (χ3v) is 3.88. The number of rotatable bonds is 1. The van der Waals surface area contributed by atoms with E-state index < -0.39 is 0 Å². The monoisotopic (exact) mass is 308 g/mol. The van der Waals surface area contributed by atoms with Gasteiger partial charge in [-0.25, -0.2) is 4.98 Å². The van der Waals surface area contributed by atoms with Crippen LogP contribution in [0.1, 0.15) is 4.88 Å². The maximum absolute atomic E-state index is 5.89. The van der Waals surface area contributed by atoms with Crippen LogP contribution < -0.4 is 5.73 Å². The number of benzene rings is 1. The van der Waals surface area contributed by atoms with Crippen LogP contribution in [0.15, 0.2) is 33.2 Å². The molecule has 0 saturated carbocycles. The minimum absolute atomic E-state index is 0.599. The van der Waals surface area contributed by atoms with Gasteiger partial charge in [-0.2, -0.15) is 0 Å². The van der Waals surface area contributed by atoms with Gasteiger partial charge in [-0.3, -0.25) is 0 Å². The number of aryl methyl sites for hydroxylation is 1. The van der Waals surface area contributed by atoms with Crippen LogP contribution in [0.2, 0.25) is 0 Å². The lowest BCUT2D eigenvalue weighted by molar-refractivity contribution is 0.623. The van der Waals surface area contributed by atoms with E-state index in [0.717, 1.165) is 14.9 Å². The van der Waals surface area contributed by atoms with Crippen molar-refractivity contribution >= 4 is 44.1 Å². The normalized spacial score (nSPS) is 11.2. The third-order valence-electron chi connectivity index (χ3n) is 2.43. The molecule has 0 unspecified atom stereocenters. The molecule has 5 heteroatoms. The van der Waals surface area contributed by atoms with Gasteiger partial charge in [0.2, 0.25) is 5.89 Å². The number of thiophene rings is 1. The average molecular weight is 309 g/mol. The standard InChI is InChI=1S/C12H9BrN2OS/c1-6-2-3-10(17-6)12-15-9-5-7(13)4-8(14)11(9)16-12/h2-5H,14H2,1H3. The summed E-state index contributed by atoms with van der Waals surface area (Å²) in [7, 11) is 0. The lowest BCUT2D eigenvalue weighted by Gasteiger charge is -1.93. The van der Waals surface area contributed by atoms with E-state index >= 15 is 0 Å². The maximum Gasteiger partial charge on any atom is 0.237 e. The van der Waals surface area contributed by atoms with Crippen molar-refractivity contribution in [3.63, 3.8) is 0 Å². The second-order valence-electron chi connectivity index (χ2n) is 3.77. The number of nitrogens with zero attached hydrogens (tertiary/aromatic N) is 1. The Labute approximate surface area is 110 Å². The zero-order chi connectivity index (χ0) is 12.0. The van der Waals surface area contributed by atoms with E-state index in [4.69, 9.17) is 10.2 Å². The van der Waals surface area contributed by atoms with Crippen LogP contribution in [-0.4, -0.2) is 4.98 Å². The van der Waals surface area contributed by atoms with Gasteiger partial charge in [0, 0.05) is 9.35 Å². The highest BCUT2D eigenvalue weighted by atomic mass is 79.9. The number of fused-ring (bicyclic) bond motifs is 1. The van der Waals surface area contributed by atoms with Gasteiger partial charge in [0.15, 0.2) is 5.58 Å². The van der Waals surface area contributed by atoms with Crippen LogP contribution in [0.4, 0.5) is 5.69 Å². The number of aromatic nitrogens is 1. The molecule has 2 heterocycles. The third kappa shape index (κ3) is 1.85. The first-order valence-electron chi connectivity index (χ1n) is 5.06. The summed E-state index contributed by atoms with van der Waals surface area (Å²) in [5.41, 5.74) is 7.92. The van der Waals surface area contributed by atoms with E-state index in [9.17, 15) is 0 Å². The molecule has 2 aromatic heterocycles. The summed E-state index contributed by atoms with van der Waals surface area (Å²) in [5.74, 6) is 0.628. The molecule has 3 rings (SSSR count). The molecule has 86 valence electrons. The first kappa shape index (κ1) is 10.8. The van der Waals surface area contributed by atoms with Crippen molar-refractivity contribution in [2.45, 2.75) is 6.92 Å². The molecule has 17 heavy (non-hydrogen) atoms. The van der Waals surface area contributed by atoms with E-state index in [1.165, 1.54) is 4.88 Å². The number of oxazole rings is 1. The Bertz CT molecular complexity index is 702. The van der Waals surface area contributed by atoms with E-state index in [1.807, 2.05) is 24.3 Å². The SMILES string of the molecule is Cc1ccc(-c2nc3cc(Br)cc(N)c3o2)s1. The van der Waals surface area contributed by atoms with Crippen molar-refractivity contribution in [2.24, 2.45) is 0 Å². The van der Waals surface area contributed by atoms with Crippen molar-refractivity contribution in [1.29, 1.82) is 0 Å². The number of hydrogen-bond acceptors (Lipinski definition) is 4. The van der Waals surface area contributed by atoms with Crippen molar-refractivity contribution in [2.75, 3.05) is 5.73 Å². The zero-order valence-corrected chi connectivity index (χ0v) is 11.4. The van der Waals surface area contributed by atoms with Crippen LogP contribution in [0.5, 0.6) is 0 Å². The molecular weight excluding hydrogens is 300 g/mol. The summed E-state index contributed by atoms with van der Waals surface area (Å²) in [6.07, 6.45) is 0. The fraction of sp³-hybridized carbons (Fsp3) is 0.0833. The Balaban J connectivity index is 2.23. The van der Waals surface area contributed by atoms with Gasteiger partial charge in [-0.1, -0.05) is 15.9 Å². The van der Waals surface area contributed by atoms with Crippen LogP contribution >= 0.6 is 27.3 Å². The first-order chi connectivity index (χ1) is 8.13. The first-order valence-corrected chi connectivity index (χ1v) is 6.67. The highest BCUT2D eigenvalue weighted by Crippen LogP contribution is 2.33. The highest BCUT2D eigenvalue weighted by Gasteiger charge is 2.12. The Morgan fingerprint density at radius 1 is 1.35 bits per heavy atom. The Hall–Kier alpha value is -1.33. The molecular formula is C12H9BrN2OS. The molecule has 0 atom stereocenters. The summed E-state index contributed by atoms with van der Waals surface area (Å²) < 4.78 is 6.61. The van der Waals surface area contributed by atoms with Gasteiger partial charge in [-0.15, -0.1) is 11.3 Å². The fourth-order valence-corrected chi connectivity index (χ4v) is 2.93. The topological polar surface area (TPSA) is 52.0 Å². The molecule has 0 aliphatic heterocycles. The molecule has 0 fully saturated rings. The summed E-state index contributed by atoms with van der Waals surface area (Å²) in [5, 5.41) is 0. The van der Waals surface area contributed by atoms with Crippen LogP contribution in [-0.2, 0) is 0 Å². The molecule has 3 aromatic rings. The van der Waals surface area contributed by atoms with E-state index in [0.29, 0.717) is 17.2 Å². The number of halogens is 1. The molecule has 0 aliphatic carbocycles. The number of nitrogens with two attached hydrogens (primary N) is 1. The summed E-state index contributed by atoms with van der Waals surface area (Å²) in [6.45, 7) is 2.06. The average Bonchev–Trinajstić information content (AvgIpc) is 2.83. The Morgan fingerprint density at radius 3 is 2.88 bits per heavy atom. The molecule has 0 bridgehead atoms. The van der Waals surface area contributed by atoms with Crippen molar-refractivity contribution in [3.8, 4) is 10.8 Å². The number of anilines is 1. The summed E-state index contributed by atoms with van der Waals surface area (Å²) >= 11 is 5.05. The van der Waals surface area contributed by atoms with E-state index in [2.05, 4.69) is 27.8 Å². The smallest absolute Gasteiger partial charge is 0.237 e. The molecule has 0 amide bonds. The minimum atomic E-state index is 0.599. The van der Waals surface area contributed by atoms with Gasteiger partial charge in [0.25, 0.3) is 0 Å². The quantitative estimate of drug-likeness (QED) is 0.685. The lowest BCUT2D eigenvalue weighted by atomic mass is 10.3. The van der Waals surface area contributed by atoms with Crippen molar-refractivity contribution < 1.29 is 4.42 Å². The lowest BCUT2D eigenvalue weighted by Crippen LogP contribution is -1.84. The summed E-state index contributed by atoms with van der Waals surface area (Å²) in [6, 6.07) is 7.78. The maximum atomic E-state index is 5.89. The highest BCUT2D eigenvalue weighted by molar-refractivity contribution is 9.10. The van der Waals surface area contributed by atoms with Crippen LogP contribution in [0, 0.1) is 6.92 Å². The molecule has 3 nitrogen and oxygen atoms in total. The number of nitrogen functional groups attached to an aromatic ring is 1. The molecule has 2 N–H and O–H groups in total. The predicted octanol–water partition coefficient (Wildman–Crippen LogP) is 4.21. The van der Waals surface area contributed by atoms with Gasteiger partial charge < -0.3 is 10.2 Å². The predicted molar refractivity (Wildman–Crippen MR) is 74.2 cm³/mol. The molecule has 0 saturated heterocycles. The summed E-state index contributed by atoms with van der Waals surface area (Å²) in [4.78, 5) is 6.71. The fourth-order valence-electron chi connectivity index (χ4n) is 1.68. The van der Waals surface area contributed by atoms with Gasteiger partial charge in [-0.05, 0) is 31.2 Å². The zero-order valence-electron chi connectivity index (χ0n) is 9.03. The van der Waals surface area contributed by atoms with Crippen molar-refractivity contribution in [1.82, 2.24) is 4.98 Å². The van der Waals surface area contributed by atoms with Crippen LogP contribution in [0.3, 0.4) is 0 Å². The molecule has 0 radical (unpaired) electrons.